The van der Waals surface area contributed by atoms with Crippen LogP contribution < -0.4 is 15.5 Å². The number of carbonyl (C=O) groups excluding carboxylic acids is 2. The molecule has 2 fully saturated rings. The molecular weight excluding hydrogens is 362 g/mol. The SMILES string of the molecule is Cc1sc2ncnc(N3CCC(C(=O)NCC(=O)NC4CC4)CC3)c2c1C. The maximum absolute atomic E-state index is 12.4. The summed E-state index contributed by atoms with van der Waals surface area (Å²) in [6, 6.07) is 0.325. The van der Waals surface area contributed by atoms with Gasteiger partial charge in [-0.2, -0.15) is 0 Å². The maximum atomic E-state index is 12.4. The zero-order chi connectivity index (χ0) is 19.0. The van der Waals surface area contributed by atoms with Gasteiger partial charge < -0.3 is 15.5 Å². The van der Waals surface area contributed by atoms with Gasteiger partial charge in [-0.1, -0.05) is 0 Å². The predicted molar refractivity (Wildman–Crippen MR) is 106 cm³/mol. The fraction of sp³-hybridized carbons (Fsp3) is 0.579. The molecule has 0 unspecified atom stereocenters. The third-order valence-electron chi connectivity index (χ3n) is 5.48. The van der Waals surface area contributed by atoms with E-state index in [0.717, 1.165) is 54.8 Å². The summed E-state index contributed by atoms with van der Waals surface area (Å²) in [5, 5.41) is 6.82. The summed E-state index contributed by atoms with van der Waals surface area (Å²) in [6.07, 6.45) is 5.27. The van der Waals surface area contributed by atoms with E-state index in [0.29, 0.717) is 6.04 Å². The van der Waals surface area contributed by atoms with Crippen LogP contribution in [0.5, 0.6) is 0 Å². The Hall–Kier alpha value is -2.22. The molecule has 7 nitrogen and oxygen atoms in total. The number of aromatic nitrogens is 2. The quantitative estimate of drug-likeness (QED) is 0.818. The Balaban J connectivity index is 1.35. The monoisotopic (exact) mass is 387 g/mol. The van der Waals surface area contributed by atoms with Crippen molar-refractivity contribution in [3.63, 3.8) is 0 Å². The van der Waals surface area contributed by atoms with Crippen molar-refractivity contribution in [1.29, 1.82) is 0 Å². The molecule has 2 aromatic heterocycles. The minimum atomic E-state index is -0.0880. The van der Waals surface area contributed by atoms with Crippen LogP contribution in [0.2, 0.25) is 0 Å². The van der Waals surface area contributed by atoms with E-state index >= 15 is 0 Å². The standard InChI is InChI=1S/C19H25N5O2S/c1-11-12(2)27-19-16(11)17(21-10-22-19)24-7-5-13(6-8-24)18(26)20-9-15(25)23-14-3-4-14/h10,13-14H,3-9H2,1-2H3,(H,20,26)(H,23,25). The molecule has 2 amide bonds. The molecule has 0 spiro atoms. The molecule has 3 heterocycles. The van der Waals surface area contributed by atoms with E-state index in [1.165, 1.54) is 10.4 Å². The smallest absolute Gasteiger partial charge is 0.239 e. The third-order valence-corrected chi connectivity index (χ3v) is 6.59. The van der Waals surface area contributed by atoms with Crippen molar-refractivity contribution in [2.24, 2.45) is 5.92 Å². The molecule has 0 atom stereocenters. The second-order valence-corrected chi connectivity index (χ2v) is 8.68. The van der Waals surface area contributed by atoms with Gasteiger partial charge in [-0.25, -0.2) is 9.97 Å². The number of carbonyl (C=O) groups is 2. The molecule has 8 heteroatoms. The number of anilines is 1. The molecule has 2 aromatic rings. The van der Waals surface area contributed by atoms with Crippen LogP contribution in [0.15, 0.2) is 6.33 Å². The summed E-state index contributed by atoms with van der Waals surface area (Å²) in [7, 11) is 0. The number of fused-ring (bicyclic) bond motifs is 1. The van der Waals surface area contributed by atoms with E-state index in [4.69, 9.17) is 0 Å². The number of aryl methyl sites for hydroxylation is 2. The first-order valence-electron chi connectivity index (χ1n) is 9.55. The summed E-state index contributed by atoms with van der Waals surface area (Å²) < 4.78 is 0. The van der Waals surface area contributed by atoms with E-state index in [-0.39, 0.29) is 24.3 Å². The van der Waals surface area contributed by atoms with Crippen LogP contribution in [0.25, 0.3) is 10.2 Å². The zero-order valence-corrected chi connectivity index (χ0v) is 16.6. The van der Waals surface area contributed by atoms with Crippen molar-refractivity contribution < 1.29 is 9.59 Å². The minimum Gasteiger partial charge on any atom is -0.356 e. The third kappa shape index (κ3) is 3.90. The van der Waals surface area contributed by atoms with E-state index in [1.807, 2.05) is 0 Å². The Labute approximate surface area is 162 Å². The van der Waals surface area contributed by atoms with Crippen molar-refractivity contribution in [2.75, 3.05) is 24.5 Å². The minimum absolute atomic E-state index is 0.0176. The Kier molecular flexibility index (Phi) is 4.99. The molecule has 1 aliphatic carbocycles. The van der Waals surface area contributed by atoms with Crippen LogP contribution in [0, 0.1) is 19.8 Å². The van der Waals surface area contributed by atoms with Gasteiger partial charge in [0, 0.05) is 29.9 Å². The number of hydrogen-bond acceptors (Lipinski definition) is 6. The molecule has 2 aliphatic rings. The van der Waals surface area contributed by atoms with Gasteiger partial charge in [0.05, 0.1) is 11.9 Å². The fourth-order valence-corrected chi connectivity index (χ4v) is 4.57. The molecule has 1 saturated carbocycles. The number of rotatable bonds is 5. The molecule has 144 valence electrons. The van der Waals surface area contributed by atoms with Gasteiger partial charge in [-0.15, -0.1) is 11.3 Å². The number of nitrogens with zero attached hydrogens (tertiary/aromatic N) is 3. The molecule has 1 aliphatic heterocycles. The van der Waals surface area contributed by atoms with Crippen LogP contribution in [-0.4, -0.2) is 47.5 Å². The van der Waals surface area contributed by atoms with Crippen LogP contribution in [0.4, 0.5) is 5.82 Å². The molecule has 2 N–H and O–H groups in total. The van der Waals surface area contributed by atoms with E-state index in [9.17, 15) is 9.59 Å². The van der Waals surface area contributed by atoms with Gasteiger partial charge in [-0.3, -0.25) is 9.59 Å². The summed E-state index contributed by atoms with van der Waals surface area (Å²) in [4.78, 5) is 37.6. The average molecular weight is 388 g/mol. The van der Waals surface area contributed by atoms with E-state index < -0.39 is 0 Å². The molecular formula is C19H25N5O2S. The van der Waals surface area contributed by atoms with Gasteiger partial charge in [0.1, 0.15) is 17.0 Å². The first kappa shape index (κ1) is 18.2. The zero-order valence-electron chi connectivity index (χ0n) is 15.7. The van der Waals surface area contributed by atoms with Crippen molar-refractivity contribution >= 4 is 39.2 Å². The van der Waals surface area contributed by atoms with Crippen LogP contribution in [0.3, 0.4) is 0 Å². The van der Waals surface area contributed by atoms with E-state index in [2.05, 4.69) is 39.3 Å². The second-order valence-electron chi connectivity index (χ2n) is 7.48. The highest BCUT2D eigenvalue weighted by atomic mass is 32.1. The highest BCUT2D eigenvalue weighted by Gasteiger charge is 2.28. The molecule has 1 saturated heterocycles. The lowest BCUT2D eigenvalue weighted by atomic mass is 9.95. The highest BCUT2D eigenvalue weighted by Crippen LogP contribution is 2.35. The Morgan fingerprint density at radius 2 is 1.93 bits per heavy atom. The number of nitrogens with one attached hydrogen (secondary N) is 2. The first-order valence-corrected chi connectivity index (χ1v) is 10.4. The Morgan fingerprint density at radius 3 is 2.63 bits per heavy atom. The number of piperidine rings is 1. The topological polar surface area (TPSA) is 87.2 Å². The van der Waals surface area contributed by atoms with Crippen molar-refractivity contribution in [3.8, 4) is 0 Å². The summed E-state index contributed by atoms with van der Waals surface area (Å²) in [6.45, 7) is 5.88. The Bertz CT molecular complexity index is 868. The summed E-state index contributed by atoms with van der Waals surface area (Å²) in [5.41, 5.74) is 1.24. The molecule has 0 aromatic carbocycles. The summed E-state index contributed by atoms with van der Waals surface area (Å²) in [5.74, 6) is 0.827. The lowest BCUT2D eigenvalue weighted by Gasteiger charge is -2.32. The molecule has 0 radical (unpaired) electrons. The van der Waals surface area contributed by atoms with Crippen LogP contribution in [-0.2, 0) is 9.59 Å². The number of hydrogen-bond donors (Lipinski definition) is 2. The molecule has 4 rings (SSSR count). The number of amides is 2. The predicted octanol–water partition coefficient (Wildman–Crippen LogP) is 1.92. The molecule has 0 bridgehead atoms. The largest absolute Gasteiger partial charge is 0.356 e. The van der Waals surface area contributed by atoms with Crippen LogP contribution in [0.1, 0.15) is 36.1 Å². The maximum Gasteiger partial charge on any atom is 0.239 e. The van der Waals surface area contributed by atoms with Crippen molar-refractivity contribution in [2.45, 2.75) is 45.6 Å². The lowest BCUT2D eigenvalue weighted by molar-refractivity contribution is -0.129. The second kappa shape index (κ2) is 7.42. The van der Waals surface area contributed by atoms with Gasteiger partial charge in [-0.05, 0) is 45.1 Å². The van der Waals surface area contributed by atoms with Gasteiger partial charge >= 0.3 is 0 Å². The average Bonchev–Trinajstić information content (AvgIpc) is 3.44. The van der Waals surface area contributed by atoms with Crippen molar-refractivity contribution in [3.05, 3.63) is 16.8 Å². The lowest BCUT2D eigenvalue weighted by Crippen LogP contribution is -2.44. The Morgan fingerprint density at radius 1 is 1.19 bits per heavy atom. The number of thiophene rings is 1. The fourth-order valence-electron chi connectivity index (χ4n) is 3.58. The van der Waals surface area contributed by atoms with Crippen LogP contribution >= 0.6 is 11.3 Å². The van der Waals surface area contributed by atoms with Crippen molar-refractivity contribution in [1.82, 2.24) is 20.6 Å². The highest BCUT2D eigenvalue weighted by molar-refractivity contribution is 7.18. The van der Waals surface area contributed by atoms with E-state index in [1.54, 1.807) is 17.7 Å². The first-order chi connectivity index (χ1) is 13.0. The molecule has 27 heavy (non-hydrogen) atoms. The van der Waals surface area contributed by atoms with Gasteiger partial charge in [0.15, 0.2) is 0 Å². The van der Waals surface area contributed by atoms with Gasteiger partial charge in [0.2, 0.25) is 11.8 Å². The normalized spacial score (nSPS) is 17.9. The summed E-state index contributed by atoms with van der Waals surface area (Å²) >= 11 is 1.70. The van der Waals surface area contributed by atoms with Gasteiger partial charge in [0.25, 0.3) is 0 Å².